The molecule has 0 bridgehead atoms. The van der Waals surface area contributed by atoms with Gasteiger partial charge in [0.05, 0.1) is 10.2 Å². The third-order valence-electron chi connectivity index (χ3n) is 2.16. The van der Waals surface area contributed by atoms with Crippen LogP contribution in [0.15, 0.2) is 22.7 Å². The lowest BCUT2D eigenvalue weighted by Crippen LogP contribution is -1.94. The number of aryl methyl sites for hydroxylation is 1. The average molecular weight is 316 g/mol. The zero-order chi connectivity index (χ0) is 12.6. The number of thiazole rings is 1. The fourth-order valence-electron chi connectivity index (χ4n) is 1.35. The molecule has 1 aromatic heterocycles. The fraction of sp³-hybridized carbons (Fsp3) is 0.0909. The highest BCUT2D eigenvalue weighted by atomic mass is 79.9. The molecule has 0 aliphatic heterocycles. The number of nitrogens with zero attached hydrogens (tertiary/aromatic N) is 1. The molecule has 0 saturated heterocycles. The van der Waals surface area contributed by atoms with Gasteiger partial charge in [-0.2, -0.15) is 0 Å². The van der Waals surface area contributed by atoms with E-state index >= 15 is 0 Å². The topological polar surface area (TPSA) is 50.2 Å². The lowest BCUT2D eigenvalue weighted by molar-refractivity contribution is 0.0701. The standard InChI is InChI=1S/C11H7BrFNO2S/c1-5-9(11(15)16)17-10(14-5)6-2-3-7(12)8(13)4-6/h2-4H,1H3,(H,15,16). The summed E-state index contributed by atoms with van der Waals surface area (Å²) in [5.41, 5.74) is 1.02. The van der Waals surface area contributed by atoms with Gasteiger partial charge < -0.3 is 5.11 Å². The summed E-state index contributed by atoms with van der Waals surface area (Å²) in [6.07, 6.45) is 0. The van der Waals surface area contributed by atoms with Gasteiger partial charge in [-0.25, -0.2) is 14.2 Å². The minimum atomic E-state index is -1.01. The van der Waals surface area contributed by atoms with Crippen LogP contribution < -0.4 is 0 Å². The number of hydrogen-bond acceptors (Lipinski definition) is 3. The maximum Gasteiger partial charge on any atom is 0.347 e. The summed E-state index contributed by atoms with van der Waals surface area (Å²) >= 11 is 4.10. The van der Waals surface area contributed by atoms with E-state index in [0.29, 0.717) is 20.7 Å². The molecule has 2 aromatic rings. The van der Waals surface area contributed by atoms with Gasteiger partial charge in [-0.05, 0) is 35.0 Å². The molecule has 0 amide bonds. The molecular formula is C11H7BrFNO2S. The van der Waals surface area contributed by atoms with Gasteiger partial charge in [-0.15, -0.1) is 11.3 Å². The molecule has 1 N–H and O–H groups in total. The fourth-order valence-corrected chi connectivity index (χ4v) is 2.50. The first kappa shape index (κ1) is 12.2. The van der Waals surface area contributed by atoms with Crippen molar-refractivity contribution in [2.75, 3.05) is 0 Å². The zero-order valence-electron chi connectivity index (χ0n) is 8.70. The summed E-state index contributed by atoms with van der Waals surface area (Å²) in [5, 5.41) is 9.42. The smallest absolute Gasteiger partial charge is 0.347 e. The summed E-state index contributed by atoms with van der Waals surface area (Å²) in [6.45, 7) is 1.62. The van der Waals surface area contributed by atoms with Crippen LogP contribution in [0.5, 0.6) is 0 Å². The number of carbonyl (C=O) groups is 1. The number of halogens is 2. The molecule has 0 saturated carbocycles. The molecule has 0 unspecified atom stereocenters. The molecule has 0 aliphatic carbocycles. The Bertz CT molecular complexity index is 597. The van der Waals surface area contributed by atoms with Gasteiger partial charge in [0.1, 0.15) is 15.7 Å². The highest BCUT2D eigenvalue weighted by molar-refractivity contribution is 9.10. The number of rotatable bonds is 2. The molecule has 0 spiro atoms. The first-order valence-corrected chi connectivity index (χ1v) is 6.26. The summed E-state index contributed by atoms with van der Waals surface area (Å²) < 4.78 is 13.7. The van der Waals surface area contributed by atoms with Crippen molar-refractivity contribution in [2.45, 2.75) is 6.92 Å². The van der Waals surface area contributed by atoms with Crippen LogP contribution in [-0.2, 0) is 0 Å². The van der Waals surface area contributed by atoms with Gasteiger partial charge in [0.2, 0.25) is 0 Å². The van der Waals surface area contributed by atoms with E-state index in [1.54, 1.807) is 19.1 Å². The number of carboxylic acid groups (broad SMARTS) is 1. The molecular weight excluding hydrogens is 309 g/mol. The number of benzene rings is 1. The van der Waals surface area contributed by atoms with E-state index < -0.39 is 11.8 Å². The first-order chi connectivity index (χ1) is 7.99. The Kier molecular flexibility index (Phi) is 3.26. The molecule has 3 nitrogen and oxygen atoms in total. The molecule has 0 aliphatic rings. The number of carboxylic acids is 1. The maximum atomic E-state index is 13.3. The monoisotopic (exact) mass is 315 g/mol. The Balaban J connectivity index is 2.50. The number of hydrogen-bond donors (Lipinski definition) is 1. The highest BCUT2D eigenvalue weighted by Crippen LogP contribution is 2.30. The maximum absolute atomic E-state index is 13.3. The molecule has 17 heavy (non-hydrogen) atoms. The van der Waals surface area contributed by atoms with Crippen LogP contribution in [0.25, 0.3) is 10.6 Å². The molecule has 2 rings (SSSR count). The van der Waals surface area contributed by atoms with Gasteiger partial charge >= 0.3 is 5.97 Å². The van der Waals surface area contributed by atoms with E-state index in [1.165, 1.54) is 6.07 Å². The first-order valence-electron chi connectivity index (χ1n) is 4.65. The predicted molar refractivity (Wildman–Crippen MR) is 66.9 cm³/mol. The van der Waals surface area contributed by atoms with E-state index in [2.05, 4.69) is 20.9 Å². The predicted octanol–water partition coefficient (Wildman–Crippen LogP) is 3.72. The molecule has 88 valence electrons. The zero-order valence-corrected chi connectivity index (χ0v) is 11.1. The van der Waals surface area contributed by atoms with Crippen molar-refractivity contribution in [3.05, 3.63) is 39.1 Å². The Morgan fingerprint density at radius 1 is 1.53 bits per heavy atom. The summed E-state index contributed by atoms with van der Waals surface area (Å²) in [4.78, 5) is 15.2. The van der Waals surface area contributed by atoms with Crippen molar-refractivity contribution in [1.82, 2.24) is 4.98 Å². The van der Waals surface area contributed by atoms with E-state index in [4.69, 9.17) is 5.11 Å². The van der Waals surface area contributed by atoms with E-state index in [-0.39, 0.29) is 4.88 Å². The van der Waals surface area contributed by atoms with E-state index in [9.17, 15) is 9.18 Å². The quantitative estimate of drug-likeness (QED) is 0.919. The van der Waals surface area contributed by atoms with E-state index in [0.717, 1.165) is 11.3 Å². The molecule has 6 heteroatoms. The van der Waals surface area contributed by atoms with E-state index in [1.807, 2.05) is 0 Å². The van der Waals surface area contributed by atoms with Gasteiger partial charge in [0, 0.05) is 5.56 Å². The molecule has 1 heterocycles. The molecule has 1 aromatic carbocycles. The van der Waals surface area contributed by atoms with Crippen LogP contribution >= 0.6 is 27.3 Å². The molecule has 0 radical (unpaired) electrons. The van der Waals surface area contributed by atoms with Crippen molar-refractivity contribution in [1.29, 1.82) is 0 Å². The Labute approximate surface area is 109 Å². The second-order valence-corrected chi connectivity index (χ2v) is 5.22. The Morgan fingerprint density at radius 2 is 2.24 bits per heavy atom. The lowest BCUT2D eigenvalue weighted by Gasteiger charge is -1.97. The highest BCUT2D eigenvalue weighted by Gasteiger charge is 2.15. The molecule has 0 fully saturated rings. The lowest BCUT2D eigenvalue weighted by atomic mass is 10.2. The summed E-state index contributed by atoms with van der Waals surface area (Å²) in [7, 11) is 0. The van der Waals surface area contributed by atoms with Crippen LogP contribution in [0.1, 0.15) is 15.4 Å². The third-order valence-corrected chi connectivity index (χ3v) is 3.99. The van der Waals surface area contributed by atoms with Gasteiger partial charge in [-0.1, -0.05) is 6.07 Å². The normalized spacial score (nSPS) is 10.5. The van der Waals surface area contributed by atoms with Crippen LogP contribution in [0.4, 0.5) is 4.39 Å². The van der Waals surface area contributed by atoms with Crippen molar-refractivity contribution in [3.63, 3.8) is 0 Å². The Hall–Kier alpha value is -1.27. The number of aromatic nitrogens is 1. The van der Waals surface area contributed by atoms with Crippen LogP contribution in [0.2, 0.25) is 0 Å². The second-order valence-electron chi connectivity index (χ2n) is 3.37. The van der Waals surface area contributed by atoms with Gasteiger partial charge in [0.25, 0.3) is 0 Å². The summed E-state index contributed by atoms with van der Waals surface area (Å²) in [5.74, 6) is -1.41. The second kappa shape index (κ2) is 4.54. The Morgan fingerprint density at radius 3 is 2.76 bits per heavy atom. The van der Waals surface area contributed by atoms with Crippen LogP contribution in [0.3, 0.4) is 0 Å². The van der Waals surface area contributed by atoms with Crippen LogP contribution in [-0.4, -0.2) is 16.1 Å². The molecule has 0 atom stereocenters. The van der Waals surface area contributed by atoms with Gasteiger partial charge in [-0.3, -0.25) is 0 Å². The van der Waals surface area contributed by atoms with Crippen molar-refractivity contribution in [3.8, 4) is 10.6 Å². The minimum absolute atomic E-state index is 0.184. The van der Waals surface area contributed by atoms with Gasteiger partial charge in [0.15, 0.2) is 0 Å². The number of aromatic carboxylic acids is 1. The SMILES string of the molecule is Cc1nc(-c2ccc(Br)c(F)c2)sc1C(=O)O. The third kappa shape index (κ3) is 2.37. The summed E-state index contributed by atoms with van der Waals surface area (Å²) in [6, 6.07) is 4.59. The van der Waals surface area contributed by atoms with Crippen molar-refractivity contribution < 1.29 is 14.3 Å². The van der Waals surface area contributed by atoms with Crippen molar-refractivity contribution >= 4 is 33.2 Å². The minimum Gasteiger partial charge on any atom is -0.477 e. The largest absolute Gasteiger partial charge is 0.477 e. The van der Waals surface area contributed by atoms with Crippen LogP contribution in [0, 0.1) is 12.7 Å². The van der Waals surface area contributed by atoms with Crippen molar-refractivity contribution in [2.24, 2.45) is 0 Å². The average Bonchev–Trinajstić information content (AvgIpc) is 2.64.